The predicted molar refractivity (Wildman–Crippen MR) is 79.6 cm³/mol. The highest BCUT2D eigenvalue weighted by Crippen LogP contribution is 2.29. The van der Waals surface area contributed by atoms with Crippen molar-refractivity contribution in [3.63, 3.8) is 0 Å². The number of carboxylic acids is 1. The molecule has 9 heteroatoms. The van der Waals surface area contributed by atoms with Gasteiger partial charge in [-0.15, -0.1) is 19.5 Å². The summed E-state index contributed by atoms with van der Waals surface area (Å²) in [5.74, 6) is -0.904. The SMILES string of the molecule is CS1=[SH](S)(NC(CCNC(=N)N)CC(=O)O)C1. The zero-order valence-electron chi connectivity index (χ0n) is 9.64. The summed E-state index contributed by atoms with van der Waals surface area (Å²) in [5, 5.41) is 19.6. The zero-order valence-corrected chi connectivity index (χ0v) is 12.2. The topological polar surface area (TPSA) is 111 Å². The van der Waals surface area contributed by atoms with Gasteiger partial charge in [-0.2, -0.15) is 9.45 Å². The van der Waals surface area contributed by atoms with Crippen molar-refractivity contribution in [1.29, 1.82) is 5.41 Å². The molecule has 17 heavy (non-hydrogen) atoms. The lowest BCUT2D eigenvalue weighted by Crippen LogP contribution is -2.39. The summed E-state index contributed by atoms with van der Waals surface area (Å²) in [5.41, 5.74) is 5.17. The van der Waals surface area contributed by atoms with Crippen LogP contribution in [0, 0.1) is 5.41 Å². The fourth-order valence-electron chi connectivity index (χ4n) is 1.45. The van der Waals surface area contributed by atoms with Gasteiger partial charge in [0.15, 0.2) is 5.96 Å². The average Bonchev–Trinajstić information content (AvgIpc) is 2.71. The maximum absolute atomic E-state index is 10.8. The maximum Gasteiger partial charge on any atom is 0.304 e. The highest BCUT2D eigenvalue weighted by Gasteiger charge is 2.27. The van der Waals surface area contributed by atoms with Crippen molar-refractivity contribution < 1.29 is 9.90 Å². The fourth-order valence-corrected chi connectivity index (χ4v) is 10.4. The van der Waals surface area contributed by atoms with Gasteiger partial charge in [0, 0.05) is 17.7 Å². The van der Waals surface area contributed by atoms with Gasteiger partial charge >= 0.3 is 5.97 Å². The second kappa shape index (κ2) is 6.07. The van der Waals surface area contributed by atoms with Crippen molar-refractivity contribution in [1.82, 2.24) is 10.0 Å². The van der Waals surface area contributed by atoms with E-state index in [9.17, 15) is 4.79 Å². The minimum Gasteiger partial charge on any atom is -0.481 e. The first-order valence-electron chi connectivity index (χ1n) is 5.15. The number of rotatable bonds is 7. The van der Waals surface area contributed by atoms with Crippen molar-refractivity contribution in [2.45, 2.75) is 18.9 Å². The second-order valence-electron chi connectivity index (χ2n) is 3.98. The first-order chi connectivity index (χ1) is 7.83. The van der Waals surface area contributed by atoms with Gasteiger partial charge in [-0.3, -0.25) is 14.9 Å². The van der Waals surface area contributed by atoms with Gasteiger partial charge in [0.25, 0.3) is 0 Å². The number of hydrogen-bond acceptors (Lipinski definition) is 3. The molecule has 0 saturated heterocycles. The Labute approximate surface area is 109 Å². The van der Waals surface area contributed by atoms with Crippen LogP contribution in [0.15, 0.2) is 0 Å². The number of nitrogens with one attached hydrogen (secondary N) is 3. The molecule has 0 saturated carbocycles. The molecule has 2 atom stereocenters. The number of hydrogen-bond donors (Lipinski definition) is 7. The van der Waals surface area contributed by atoms with Crippen LogP contribution >= 0.6 is 11.7 Å². The molecule has 1 heterocycles. The highest BCUT2D eigenvalue weighted by molar-refractivity contribution is 8.98. The van der Waals surface area contributed by atoms with Gasteiger partial charge in [-0.25, -0.2) is 0 Å². The first kappa shape index (κ1) is 14.8. The van der Waals surface area contributed by atoms with Crippen LogP contribution in [0.2, 0.25) is 0 Å². The summed E-state index contributed by atoms with van der Waals surface area (Å²) in [6, 6.07) is -0.0948. The quantitative estimate of drug-likeness (QED) is 0.142. The average molecular weight is 300 g/mol. The fraction of sp³-hybridized carbons (Fsp3) is 0.750. The normalized spacial score (nSPS) is 24.7. The standard InChI is InChI=1S/C8H20N4O2S3/c1-16-5-17(16,15)12-6(4-7(13)14)2-3-11-8(9)10/h6,12,15,17H,2-5H2,1H3,(H,13,14)(H4,9,10,11). The molecule has 0 aromatic rings. The molecule has 0 amide bonds. The van der Waals surface area contributed by atoms with Crippen LogP contribution in [-0.4, -0.2) is 41.0 Å². The minimum atomic E-state index is -1.34. The molecule has 2 unspecified atom stereocenters. The summed E-state index contributed by atoms with van der Waals surface area (Å²) in [7, 11) is -1.02. The molecule has 6 nitrogen and oxygen atoms in total. The van der Waals surface area contributed by atoms with Crippen LogP contribution in [0.25, 0.3) is 0 Å². The summed E-state index contributed by atoms with van der Waals surface area (Å²) in [6.07, 6.45) is 2.86. The molecule has 0 aromatic carbocycles. The van der Waals surface area contributed by atoms with Crippen LogP contribution in [0.3, 0.4) is 0 Å². The Balaban J connectivity index is 2.44. The van der Waals surface area contributed by atoms with Crippen molar-refractivity contribution in [2.24, 2.45) is 5.73 Å². The molecule has 0 aromatic heterocycles. The monoisotopic (exact) mass is 300 g/mol. The predicted octanol–water partition coefficient (Wildman–Crippen LogP) is -0.927. The smallest absolute Gasteiger partial charge is 0.304 e. The molecule has 0 aliphatic carbocycles. The van der Waals surface area contributed by atoms with E-state index in [0.717, 1.165) is 5.08 Å². The Kier molecular flexibility index (Phi) is 5.29. The van der Waals surface area contributed by atoms with E-state index >= 15 is 0 Å². The van der Waals surface area contributed by atoms with Gasteiger partial charge in [-0.05, 0) is 12.7 Å². The Morgan fingerprint density at radius 3 is 2.76 bits per heavy atom. The second-order valence-corrected chi connectivity index (χ2v) is 14.5. The molecule has 0 spiro atoms. The first-order valence-corrected chi connectivity index (χ1v) is 10.7. The van der Waals surface area contributed by atoms with Gasteiger partial charge in [-0.1, -0.05) is 0 Å². The van der Waals surface area contributed by atoms with Crippen molar-refractivity contribution in [3.8, 4) is 0 Å². The third kappa shape index (κ3) is 5.28. The molecule has 1 aliphatic heterocycles. The lowest BCUT2D eigenvalue weighted by Gasteiger charge is -2.21. The van der Waals surface area contributed by atoms with E-state index in [-0.39, 0.29) is 18.4 Å². The van der Waals surface area contributed by atoms with E-state index in [0.29, 0.717) is 22.4 Å². The molecule has 102 valence electrons. The largest absolute Gasteiger partial charge is 0.481 e. The summed E-state index contributed by atoms with van der Waals surface area (Å²) in [6.45, 7) is 0.506. The Hall–Kier alpha value is -0.250. The van der Waals surface area contributed by atoms with E-state index in [4.69, 9.17) is 16.2 Å². The molecular weight excluding hydrogens is 280 g/mol. The van der Waals surface area contributed by atoms with E-state index in [1.807, 2.05) is 0 Å². The van der Waals surface area contributed by atoms with Crippen molar-refractivity contribution >= 4 is 40.8 Å². The lowest BCUT2D eigenvalue weighted by atomic mass is 10.1. The molecule has 6 N–H and O–H groups in total. The molecule has 0 fully saturated rings. The van der Waals surface area contributed by atoms with Crippen LogP contribution in [0.4, 0.5) is 0 Å². The minimum absolute atomic E-state index is 0.0824. The van der Waals surface area contributed by atoms with Crippen molar-refractivity contribution in [2.75, 3.05) is 17.9 Å². The highest BCUT2D eigenvalue weighted by atomic mass is 33.4. The van der Waals surface area contributed by atoms with Gasteiger partial charge in [0.2, 0.25) is 0 Å². The van der Waals surface area contributed by atoms with Gasteiger partial charge in [0.05, 0.1) is 6.42 Å². The molecule has 0 radical (unpaired) electrons. The number of thiol groups is 2. The van der Waals surface area contributed by atoms with E-state index in [2.05, 4.69) is 28.0 Å². The third-order valence-corrected chi connectivity index (χ3v) is 13.8. The van der Waals surface area contributed by atoms with Crippen molar-refractivity contribution in [3.05, 3.63) is 0 Å². The van der Waals surface area contributed by atoms with Crippen LogP contribution in [-0.2, 0) is 22.1 Å². The molecule has 0 bridgehead atoms. The van der Waals surface area contributed by atoms with Crippen LogP contribution in [0.5, 0.6) is 0 Å². The number of aliphatic carboxylic acids is 1. The van der Waals surface area contributed by atoms with E-state index < -0.39 is 13.8 Å². The number of carbonyl (C=O) groups is 1. The maximum atomic E-state index is 10.8. The number of carboxylic acid groups (broad SMARTS) is 1. The molecular formula is C8H20N4O2S3. The Bertz CT molecular complexity index is 385. The third-order valence-electron chi connectivity index (χ3n) is 2.42. The van der Waals surface area contributed by atoms with Gasteiger partial charge < -0.3 is 16.2 Å². The molecule has 1 aliphatic rings. The van der Waals surface area contributed by atoms with E-state index in [1.165, 1.54) is 0 Å². The van der Waals surface area contributed by atoms with E-state index in [1.54, 1.807) is 0 Å². The Morgan fingerprint density at radius 2 is 2.35 bits per heavy atom. The zero-order chi connectivity index (χ0) is 13.1. The number of guanidine groups is 1. The summed E-state index contributed by atoms with van der Waals surface area (Å²) < 4.78 is 3.38. The van der Waals surface area contributed by atoms with Crippen LogP contribution < -0.4 is 15.8 Å². The number of nitrogens with two attached hydrogens (primary N) is 1. The summed E-state index contributed by atoms with van der Waals surface area (Å²) >= 11 is 4.62. The van der Waals surface area contributed by atoms with Gasteiger partial charge in [0.1, 0.15) is 0 Å². The Morgan fingerprint density at radius 1 is 1.76 bits per heavy atom. The summed E-state index contributed by atoms with van der Waals surface area (Å²) in [4.78, 5) is 10.8. The van der Waals surface area contributed by atoms with Crippen LogP contribution in [0.1, 0.15) is 12.8 Å². The lowest BCUT2D eigenvalue weighted by molar-refractivity contribution is -0.137. The molecule has 1 rings (SSSR count).